The lowest BCUT2D eigenvalue weighted by Gasteiger charge is -2.28. The summed E-state index contributed by atoms with van der Waals surface area (Å²) in [4.78, 5) is 23.1. The van der Waals surface area contributed by atoms with Crippen LogP contribution in [0.15, 0.2) is 0 Å². The highest BCUT2D eigenvalue weighted by atomic mass is 16.4. The summed E-state index contributed by atoms with van der Waals surface area (Å²) in [5.41, 5.74) is -1.15. The van der Waals surface area contributed by atoms with Gasteiger partial charge in [-0.1, -0.05) is 27.2 Å². The van der Waals surface area contributed by atoms with Gasteiger partial charge in [0.1, 0.15) is 5.54 Å². The highest BCUT2D eigenvalue weighted by molar-refractivity contribution is 5.86. The van der Waals surface area contributed by atoms with Crippen LogP contribution in [0, 0.1) is 11.8 Å². The van der Waals surface area contributed by atoms with Gasteiger partial charge in [-0.3, -0.25) is 0 Å². The molecule has 0 spiro atoms. The van der Waals surface area contributed by atoms with Crippen LogP contribution >= 0.6 is 0 Å². The maximum absolute atomic E-state index is 11.8. The maximum atomic E-state index is 11.8. The summed E-state index contributed by atoms with van der Waals surface area (Å²) in [6.07, 6.45) is 4.27. The molecule has 3 N–H and O–H groups in total. The lowest BCUT2D eigenvalue weighted by molar-refractivity contribution is -0.144. The Hall–Kier alpha value is -1.26. The Bertz CT molecular complexity index is 327. The summed E-state index contributed by atoms with van der Waals surface area (Å²) in [5, 5.41) is 14.7. The summed E-state index contributed by atoms with van der Waals surface area (Å²) >= 11 is 0. The maximum Gasteiger partial charge on any atom is 0.329 e. The number of urea groups is 1. The van der Waals surface area contributed by atoms with E-state index in [1.54, 1.807) is 13.8 Å². The Balaban J connectivity index is 2.43. The number of carboxylic acid groups (broad SMARTS) is 1. The third-order valence-electron chi connectivity index (χ3n) is 4.32. The van der Waals surface area contributed by atoms with Gasteiger partial charge in [0.05, 0.1) is 0 Å². The number of hydrogen-bond acceptors (Lipinski definition) is 2. The van der Waals surface area contributed by atoms with Crippen molar-refractivity contribution in [3.05, 3.63) is 0 Å². The Morgan fingerprint density at radius 2 is 1.89 bits per heavy atom. The number of carboxylic acids is 1. The summed E-state index contributed by atoms with van der Waals surface area (Å²) in [7, 11) is 0. The minimum absolute atomic E-state index is 0.370. The van der Waals surface area contributed by atoms with E-state index in [1.165, 1.54) is 6.42 Å². The predicted molar refractivity (Wildman–Crippen MR) is 74.0 cm³/mol. The van der Waals surface area contributed by atoms with E-state index < -0.39 is 11.5 Å². The molecule has 0 bridgehead atoms. The van der Waals surface area contributed by atoms with Crippen LogP contribution < -0.4 is 10.6 Å². The first-order valence-electron chi connectivity index (χ1n) is 7.23. The molecule has 0 aromatic heterocycles. The van der Waals surface area contributed by atoms with E-state index in [1.807, 2.05) is 0 Å². The van der Waals surface area contributed by atoms with Crippen LogP contribution in [-0.2, 0) is 4.79 Å². The SMILES string of the molecule is CCC(CC)(NC(=O)NCC1CCC(C)C1)C(=O)O. The van der Waals surface area contributed by atoms with Crippen molar-refractivity contribution in [1.82, 2.24) is 10.6 Å². The van der Waals surface area contributed by atoms with E-state index in [4.69, 9.17) is 0 Å². The Morgan fingerprint density at radius 3 is 2.32 bits per heavy atom. The van der Waals surface area contributed by atoms with E-state index in [0.717, 1.165) is 18.8 Å². The van der Waals surface area contributed by atoms with Crippen LogP contribution in [0.3, 0.4) is 0 Å². The molecule has 1 rings (SSSR count). The van der Waals surface area contributed by atoms with Gasteiger partial charge in [0.2, 0.25) is 0 Å². The smallest absolute Gasteiger partial charge is 0.329 e. The van der Waals surface area contributed by atoms with E-state index in [-0.39, 0.29) is 6.03 Å². The number of amides is 2. The van der Waals surface area contributed by atoms with Gasteiger partial charge in [0.25, 0.3) is 0 Å². The van der Waals surface area contributed by atoms with E-state index >= 15 is 0 Å². The summed E-state index contributed by atoms with van der Waals surface area (Å²) in [5.74, 6) is 0.296. The zero-order valence-corrected chi connectivity index (χ0v) is 12.2. The second-order valence-corrected chi connectivity index (χ2v) is 5.71. The molecule has 0 radical (unpaired) electrons. The number of rotatable bonds is 6. The van der Waals surface area contributed by atoms with Gasteiger partial charge >= 0.3 is 12.0 Å². The second kappa shape index (κ2) is 6.78. The van der Waals surface area contributed by atoms with Crippen molar-refractivity contribution in [2.45, 2.75) is 58.4 Å². The zero-order chi connectivity index (χ0) is 14.5. The molecule has 2 amide bonds. The van der Waals surface area contributed by atoms with Crippen molar-refractivity contribution in [2.75, 3.05) is 6.54 Å². The van der Waals surface area contributed by atoms with E-state index in [2.05, 4.69) is 17.6 Å². The van der Waals surface area contributed by atoms with Crippen molar-refractivity contribution in [3.8, 4) is 0 Å². The van der Waals surface area contributed by atoms with E-state index in [0.29, 0.717) is 25.3 Å². The largest absolute Gasteiger partial charge is 0.480 e. The molecule has 1 aliphatic carbocycles. The molecule has 1 aliphatic rings. The number of carbonyl (C=O) groups is 2. The fourth-order valence-corrected chi connectivity index (χ4v) is 2.79. The Morgan fingerprint density at radius 1 is 1.26 bits per heavy atom. The average molecular weight is 270 g/mol. The Kier molecular flexibility index (Phi) is 5.63. The summed E-state index contributed by atoms with van der Waals surface area (Å²) < 4.78 is 0. The summed E-state index contributed by atoms with van der Waals surface area (Å²) in [6, 6.07) is -0.370. The number of carbonyl (C=O) groups excluding carboxylic acids is 1. The molecule has 0 aliphatic heterocycles. The second-order valence-electron chi connectivity index (χ2n) is 5.71. The van der Waals surface area contributed by atoms with Crippen LogP contribution in [0.5, 0.6) is 0 Å². The molecule has 5 heteroatoms. The lowest BCUT2D eigenvalue weighted by Crippen LogP contribution is -2.56. The molecular formula is C14H26N2O3. The third-order valence-corrected chi connectivity index (χ3v) is 4.32. The van der Waals surface area contributed by atoms with Crippen molar-refractivity contribution in [3.63, 3.8) is 0 Å². The number of nitrogens with one attached hydrogen (secondary N) is 2. The predicted octanol–water partition coefficient (Wildman–Crippen LogP) is 2.37. The molecule has 0 saturated heterocycles. The minimum atomic E-state index is -1.15. The first-order chi connectivity index (χ1) is 8.93. The van der Waals surface area contributed by atoms with Crippen molar-refractivity contribution >= 4 is 12.0 Å². The minimum Gasteiger partial charge on any atom is -0.480 e. The molecule has 1 fully saturated rings. The lowest BCUT2D eigenvalue weighted by atomic mass is 9.93. The highest BCUT2D eigenvalue weighted by Gasteiger charge is 2.36. The molecular weight excluding hydrogens is 244 g/mol. The molecule has 2 unspecified atom stereocenters. The Labute approximate surface area is 115 Å². The zero-order valence-electron chi connectivity index (χ0n) is 12.2. The molecule has 0 heterocycles. The fourth-order valence-electron chi connectivity index (χ4n) is 2.79. The van der Waals surface area contributed by atoms with Crippen LogP contribution in [0.4, 0.5) is 4.79 Å². The van der Waals surface area contributed by atoms with Gasteiger partial charge in [-0.05, 0) is 37.5 Å². The van der Waals surface area contributed by atoms with Crippen LogP contribution in [-0.4, -0.2) is 29.2 Å². The molecule has 5 nitrogen and oxygen atoms in total. The first-order valence-corrected chi connectivity index (χ1v) is 7.23. The van der Waals surface area contributed by atoms with Crippen LogP contribution in [0.1, 0.15) is 52.9 Å². The molecule has 1 saturated carbocycles. The number of hydrogen-bond donors (Lipinski definition) is 3. The van der Waals surface area contributed by atoms with Crippen molar-refractivity contribution in [2.24, 2.45) is 11.8 Å². The van der Waals surface area contributed by atoms with Crippen molar-refractivity contribution in [1.29, 1.82) is 0 Å². The third kappa shape index (κ3) is 4.11. The topological polar surface area (TPSA) is 78.4 Å². The van der Waals surface area contributed by atoms with Gasteiger partial charge in [-0.2, -0.15) is 0 Å². The molecule has 19 heavy (non-hydrogen) atoms. The van der Waals surface area contributed by atoms with Crippen LogP contribution in [0.25, 0.3) is 0 Å². The van der Waals surface area contributed by atoms with Gasteiger partial charge in [0.15, 0.2) is 0 Å². The standard InChI is InChI=1S/C14H26N2O3/c1-4-14(5-2,12(17)18)16-13(19)15-9-11-7-6-10(3)8-11/h10-11H,4-9H2,1-3H3,(H,17,18)(H2,15,16,19). The van der Waals surface area contributed by atoms with Gasteiger partial charge in [-0.25, -0.2) is 9.59 Å². The molecule has 2 atom stereocenters. The summed E-state index contributed by atoms with van der Waals surface area (Å²) in [6.45, 7) is 6.41. The monoisotopic (exact) mass is 270 g/mol. The van der Waals surface area contributed by atoms with Crippen molar-refractivity contribution < 1.29 is 14.7 Å². The fraction of sp³-hybridized carbons (Fsp3) is 0.857. The van der Waals surface area contributed by atoms with E-state index in [9.17, 15) is 14.7 Å². The first kappa shape index (κ1) is 15.8. The van der Waals surface area contributed by atoms with Gasteiger partial charge in [0, 0.05) is 6.54 Å². The molecule has 110 valence electrons. The highest BCUT2D eigenvalue weighted by Crippen LogP contribution is 2.29. The normalized spacial score (nSPS) is 23.1. The number of aliphatic carboxylic acids is 1. The van der Waals surface area contributed by atoms with Crippen LogP contribution in [0.2, 0.25) is 0 Å². The molecule has 0 aromatic carbocycles. The van der Waals surface area contributed by atoms with Gasteiger partial charge in [-0.15, -0.1) is 0 Å². The quantitative estimate of drug-likeness (QED) is 0.693. The average Bonchev–Trinajstić information content (AvgIpc) is 2.79. The molecule has 0 aromatic rings. The van der Waals surface area contributed by atoms with Gasteiger partial charge < -0.3 is 15.7 Å².